The minimum Gasteiger partial charge on any atom is -0.355 e. The number of hydrogen-bond donors (Lipinski definition) is 1. The average Bonchev–Trinajstić information content (AvgIpc) is 3.25. The predicted molar refractivity (Wildman–Crippen MR) is 105 cm³/mol. The van der Waals surface area contributed by atoms with Gasteiger partial charge < -0.3 is 19.7 Å². The van der Waals surface area contributed by atoms with Crippen molar-refractivity contribution in [2.24, 2.45) is 7.05 Å². The van der Waals surface area contributed by atoms with Crippen LogP contribution in [0.2, 0.25) is 0 Å². The van der Waals surface area contributed by atoms with E-state index in [-0.39, 0.29) is 17.8 Å². The van der Waals surface area contributed by atoms with Crippen LogP contribution in [0.15, 0.2) is 12.5 Å². The van der Waals surface area contributed by atoms with Crippen LogP contribution in [0.4, 0.5) is 5.82 Å². The van der Waals surface area contributed by atoms with E-state index in [0.29, 0.717) is 6.04 Å². The molecule has 0 saturated carbocycles. The number of aryl methyl sites for hydroxylation is 2. The van der Waals surface area contributed by atoms with E-state index < -0.39 is 0 Å². The zero-order valence-corrected chi connectivity index (χ0v) is 17.0. The quantitative estimate of drug-likeness (QED) is 0.857. The Balaban J connectivity index is 1.73. The number of carbonyl (C=O) groups is 1. The maximum Gasteiger partial charge on any atom is 0.291 e. The van der Waals surface area contributed by atoms with Gasteiger partial charge in [-0.2, -0.15) is 0 Å². The number of carbonyl (C=O) groups excluding carboxylic acids is 1. The van der Waals surface area contributed by atoms with Crippen molar-refractivity contribution in [3.63, 3.8) is 0 Å². The minimum absolute atomic E-state index is 0.169. The van der Waals surface area contributed by atoms with Gasteiger partial charge in [-0.25, -0.2) is 15.0 Å². The van der Waals surface area contributed by atoms with Crippen molar-refractivity contribution in [3.05, 3.63) is 35.3 Å². The fraction of sp³-hybridized carbons (Fsp3) is 0.579. The molecule has 1 aliphatic rings. The van der Waals surface area contributed by atoms with Crippen LogP contribution in [-0.4, -0.2) is 63.6 Å². The molecule has 0 bridgehead atoms. The van der Waals surface area contributed by atoms with E-state index in [2.05, 4.69) is 32.1 Å². The maximum absolute atomic E-state index is 12.3. The number of anilines is 1. The van der Waals surface area contributed by atoms with Crippen LogP contribution in [0.5, 0.6) is 0 Å². The van der Waals surface area contributed by atoms with Crippen molar-refractivity contribution < 1.29 is 4.79 Å². The van der Waals surface area contributed by atoms with E-state index >= 15 is 0 Å². The molecule has 1 saturated heterocycles. The summed E-state index contributed by atoms with van der Waals surface area (Å²) in [7, 11) is 5.41. The summed E-state index contributed by atoms with van der Waals surface area (Å²) in [6, 6.07) is 0.542. The molecule has 1 unspecified atom stereocenters. The Kier molecular flexibility index (Phi) is 5.46. The van der Waals surface area contributed by atoms with Crippen molar-refractivity contribution in [3.8, 4) is 0 Å². The van der Waals surface area contributed by atoms with Gasteiger partial charge >= 0.3 is 0 Å². The molecule has 8 heteroatoms. The molecule has 2 aromatic rings. The van der Waals surface area contributed by atoms with Gasteiger partial charge in [-0.1, -0.05) is 0 Å². The first kappa shape index (κ1) is 19.3. The number of amides is 1. The molecule has 0 radical (unpaired) electrons. The van der Waals surface area contributed by atoms with E-state index in [9.17, 15) is 4.79 Å². The molecule has 8 nitrogen and oxygen atoms in total. The standard InChI is InChI=1S/C19H29N7O/c1-12-13(2)22-17(19(27)24(4)5)23-18(12)26-8-7-15(9-26)21-14(3)16-10-25(6)11-20-16/h10-11,14-15,21H,7-9H2,1-6H3/t14?,15-/m1/s1. The molecule has 146 valence electrons. The molecule has 3 heterocycles. The Morgan fingerprint density at radius 3 is 2.70 bits per heavy atom. The second-order valence-electron chi connectivity index (χ2n) is 7.56. The summed E-state index contributed by atoms with van der Waals surface area (Å²) in [5, 5.41) is 3.66. The number of hydrogen-bond acceptors (Lipinski definition) is 6. The number of aromatic nitrogens is 4. The van der Waals surface area contributed by atoms with Crippen LogP contribution in [0, 0.1) is 13.8 Å². The lowest BCUT2D eigenvalue weighted by atomic mass is 10.2. The molecule has 27 heavy (non-hydrogen) atoms. The largest absolute Gasteiger partial charge is 0.355 e. The first-order chi connectivity index (χ1) is 12.8. The molecular weight excluding hydrogens is 342 g/mol. The van der Waals surface area contributed by atoms with Crippen molar-refractivity contribution in [1.82, 2.24) is 29.7 Å². The SMILES string of the molecule is Cc1nc(C(=O)N(C)C)nc(N2CC[C@@H](NC(C)c3cn(C)cn3)C2)c1C. The molecule has 0 spiro atoms. The van der Waals surface area contributed by atoms with Crippen LogP contribution in [0.3, 0.4) is 0 Å². The Labute approximate surface area is 160 Å². The molecule has 0 aliphatic carbocycles. The molecule has 1 amide bonds. The van der Waals surface area contributed by atoms with Gasteiger partial charge in [-0.15, -0.1) is 0 Å². The third kappa shape index (κ3) is 4.10. The van der Waals surface area contributed by atoms with E-state index in [1.54, 1.807) is 14.1 Å². The summed E-state index contributed by atoms with van der Waals surface area (Å²) in [5.41, 5.74) is 2.93. The van der Waals surface area contributed by atoms with Crippen molar-refractivity contribution in [2.45, 2.75) is 39.3 Å². The third-order valence-corrected chi connectivity index (χ3v) is 5.10. The summed E-state index contributed by atoms with van der Waals surface area (Å²) in [6.07, 6.45) is 4.89. The van der Waals surface area contributed by atoms with Crippen LogP contribution in [0.1, 0.15) is 47.0 Å². The Morgan fingerprint density at radius 1 is 1.33 bits per heavy atom. The molecule has 1 N–H and O–H groups in total. The summed E-state index contributed by atoms with van der Waals surface area (Å²) < 4.78 is 1.96. The Hall–Kier alpha value is -2.48. The van der Waals surface area contributed by atoms with E-state index in [1.165, 1.54) is 4.90 Å². The minimum atomic E-state index is -0.169. The highest BCUT2D eigenvalue weighted by Crippen LogP contribution is 2.25. The van der Waals surface area contributed by atoms with Gasteiger partial charge in [-0.05, 0) is 27.2 Å². The van der Waals surface area contributed by atoms with E-state index in [1.807, 2.05) is 38.0 Å². The van der Waals surface area contributed by atoms with Crippen LogP contribution in [0.25, 0.3) is 0 Å². The number of rotatable bonds is 5. The zero-order valence-electron chi connectivity index (χ0n) is 17.0. The summed E-state index contributed by atoms with van der Waals surface area (Å²) in [4.78, 5) is 29.5. The lowest BCUT2D eigenvalue weighted by Gasteiger charge is -2.23. The molecular formula is C19H29N7O. The summed E-state index contributed by atoms with van der Waals surface area (Å²) >= 11 is 0. The van der Waals surface area contributed by atoms with E-state index in [0.717, 1.165) is 42.3 Å². The second-order valence-corrected chi connectivity index (χ2v) is 7.56. The van der Waals surface area contributed by atoms with Crippen molar-refractivity contribution in [1.29, 1.82) is 0 Å². The first-order valence-electron chi connectivity index (χ1n) is 9.32. The fourth-order valence-corrected chi connectivity index (χ4v) is 3.40. The van der Waals surface area contributed by atoms with Gasteiger partial charge in [0.05, 0.1) is 12.0 Å². The smallest absolute Gasteiger partial charge is 0.291 e. The topological polar surface area (TPSA) is 79.2 Å². The summed E-state index contributed by atoms with van der Waals surface area (Å²) in [6.45, 7) is 7.84. The Morgan fingerprint density at radius 2 is 2.07 bits per heavy atom. The van der Waals surface area contributed by atoms with Gasteiger partial charge in [0.15, 0.2) is 0 Å². The third-order valence-electron chi connectivity index (χ3n) is 5.10. The van der Waals surface area contributed by atoms with Crippen molar-refractivity contribution in [2.75, 3.05) is 32.1 Å². The first-order valence-corrected chi connectivity index (χ1v) is 9.32. The fourth-order valence-electron chi connectivity index (χ4n) is 3.40. The summed E-state index contributed by atoms with van der Waals surface area (Å²) in [5.74, 6) is 0.954. The maximum atomic E-state index is 12.3. The lowest BCUT2D eigenvalue weighted by Crippen LogP contribution is -2.35. The average molecular weight is 371 g/mol. The molecule has 0 aromatic carbocycles. The number of nitrogens with zero attached hydrogens (tertiary/aromatic N) is 6. The monoisotopic (exact) mass is 371 g/mol. The molecule has 1 aliphatic heterocycles. The van der Waals surface area contributed by atoms with Gasteiger partial charge in [0.1, 0.15) is 5.82 Å². The van der Waals surface area contributed by atoms with Gasteiger partial charge in [-0.3, -0.25) is 4.79 Å². The lowest BCUT2D eigenvalue weighted by molar-refractivity contribution is 0.0815. The normalized spacial score (nSPS) is 18.0. The highest BCUT2D eigenvalue weighted by molar-refractivity contribution is 5.90. The van der Waals surface area contributed by atoms with Gasteiger partial charge in [0.25, 0.3) is 5.91 Å². The number of imidazole rings is 1. The second kappa shape index (κ2) is 7.64. The van der Waals surface area contributed by atoms with Gasteiger partial charge in [0.2, 0.25) is 5.82 Å². The van der Waals surface area contributed by atoms with Crippen molar-refractivity contribution >= 4 is 11.7 Å². The molecule has 2 atom stereocenters. The molecule has 1 fully saturated rings. The van der Waals surface area contributed by atoms with Crippen LogP contribution < -0.4 is 10.2 Å². The van der Waals surface area contributed by atoms with Crippen LogP contribution >= 0.6 is 0 Å². The molecule has 2 aromatic heterocycles. The highest BCUT2D eigenvalue weighted by atomic mass is 16.2. The predicted octanol–water partition coefficient (Wildman–Crippen LogP) is 1.46. The van der Waals surface area contributed by atoms with E-state index in [4.69, 9.17) is 0 Å². The zero-order chi connectivity index (χ0) is 19.7. The highest BCUT2D eigenvalue weighted by Gasteiger charge is 2.28. The number of nitrogens with one attached hydrogen (secondary N) is 1. The molecule has 3 rings (SSSR count). The van der Waals surface area contributed by atoms with Crippen LogP contribution in [-0.2, 0) is 7.05 Å². The van der Waals surface area contributed by atoms with Gasteiger partial charge in [0, 0.05) is 63.8 Å². The Bertz CT molecular complexity index is 829.